The molecule has 94 valence electrons. The second-order valence-electron chi connectivity index (χ2n) is 4.52. The minimum Gasteiger partial charge on any atom is -0.307 e. The normalized spacial score (nSPS) is 12.6. The topological polar surface area (TPSA) is 12.0 Å². The molecular weight excluding hydrogens is 225 g/mol. The Labute approximate surface area is 107 Å². The molecule has 0 aromatic heterocycles. The average Bonchev–Trinajstić information content (AvgIpc) is 2.37. The number of hydrogen-bond donors (Lipinski definition) is 1. The molecule has 0 aliphatic carbocycles. The van der Waals surface area contributed by atoms with Crippen LogP contribution in [-0.4, -0.2) is 6.54 Å². The second kappa shape index (κ2) is 5.32. The van der Waals surface area contributed by atoms with Crippen molar-refractivity contribution >= 4 is 10.8 Å². The van der Waals surface area contributed by atoms with Crippen LogP contribution in [0.5, 0.6) is 0 Å². The average molecular weight is 243 g/mol. The molecule has 2 heteroatoms. The standard InChI is InChI=1S/C16H18FN/c1-4-18-16(11(2)3)14-9-10-15(17)13-8-6-5-7-12(13)14/h5-10,16,18H,2,4H2,1,3H3. The Morgan fingerprint density at radius 3 is 2.50 bits per heavy atom. The first kappa shape index (κ1) is 12.8. The van der Waals surface area contributed by atoms with E-state index in [0.717, 1.165) is 23.1 Å². The van der Waals surface area contributed by atoms with Crippen molar-refractivity contribution in [2.45, 2.75) is 19.9 Å². The second-order valence-corrected chi connectivity index (χ2v) is 4.52. The summed E-state index contributed by atoms with van der Waals surface area (Å²) < 4.78 is 13.8. The highest BCUT2D eigenvalue weighted by atomic mass is 19.1. The van der Waals surface area contributed by atoms with Gasteiger partial charge in [-0.05, 0) is 30.5 Å². The minimum absolute atomic E-state index is 0.0699. The van der Waals surface area contributed by atoms with E-state index >= 15 is 0 Å². The molecule has 0 heterocycles. The van der Waals surface area contributed by atoms with Crippen LogP contribution >= 0.6 is 0 Å². The van der Waals surface area contributed by atoms with Crippen molar-refractivity contribution in [1.82, 2.24) is 5.32 Å². The van der Waals surface area contributed by atoms with E-state index in [1.54, 1.807) is 0 Å². The lowest BCUT2D eigenvalue weighted by Gasteiger charge is -2.20. The Morgan fingerprint density at radius 2 is 1.89 bits per heavy atom. The van der Waals surface area contributed by atoms with Gasteiger partial charge in [-0.25, -0.2) is 4.39 Å². The highest BCUT2D eigenvalue weighted by molar-refractivity contribution is 5.87. The van der Waals surface area contributed by atoms with Gasteiger partial charge in [0.25, 0.3) is 0 Å². The Balaban J connectivity index is 2.63. The van der Waals surface area contributed by atoms with Gasteiger partial charge < -0.3 is 5.32 Å². The number of hydrogen-bond acceptors (Lipinski definition) is 1. The van der Waals surface area contributed by atoms with Crippen LogP contribution in [0.25, 0.3) is 10.8 Å². The third-order valence-corrected chi connectivity index (χ3v) is 3.12. The summed E-state index contributed by atoms with van der Waals surface area (Å²) in [5.74, 6) is -0.175. The first-order valence-corrected chi connectivity index (χ1v) is 6.21. The molecular formula is C16H18FN. The highest BCUT2D eigenvalue weighted by Crippen LogP contribution is 2.29. The highest BCUT2D eigenvalue weighted by Gasteiger charge is 2.15. The number of fused-ring (bicyclic) bond motifs is 1. The van der Waals surface area contributed by atoms with E-state index in [0.29, 0.717) is 5.39 Å². The van der Waals surface area contributed by atoms with Gasteiger partial charge in [-0.3, -0.25) is 0 Å². The largest absolute Gasteiger partial charge is 0.307 e. The summed E-state index contributed by atoms with van der Waals surface area (Å²) >= 11 is 0. The maximum Gasteiger partial charge on any atom is 0.131 e. The molecule has 0 saturated heterocycles. The van der Waals surface area contributed by atoms with E-state index in [-0.39, 0.29) is 11.9 Å². The molecule has 0 radical (unpaired) electrons. The third-order valence-electron chi connectivity index (χ3n) is 3.12. The molecule has 1 N–H and O–H groups in total. The molecule has 1 nitrogen and oxygen atoms in total. The lowest BCUT2D eigenvalue weighted by molar-refractivity contribution is 0.618. The van der Waals surface area contributed by atoms with Crippen molar-refractivity contribution in [3.05, 3.63) is 59.9 Å². The van der Waals surface area contributed by atoms with E-state index < -0.39 is 0 Å². The number of likely N-dealkylation sites (N-methyl/N-ethyl adjacent to an activating group) is 1. The predicted octanol–water partition coefficient (Wildman–Crippen LogP) is 4.21. The van der Waals surface area contributed by atoms with Crippen LogP contribution in [-0.2, 0) is 0 Å². The fourth-order valence-electron chi connectivity index (χ4n) is 2.29. The Bertz CT molecular complexity index is 574. The zero-order valence-corrected chi connectivity index (χ0v) is 10.8. The molecule has 0 amide bonds. The first-order chi connectivity index (χ1) is 8.65. The lowest BCUT2D eigenvalue weighted by atomic mass is 9.94. The SMILES string of the molecule is C=C(C)C(NCC)c1ccc(F)c2ccccc12. The number of rotatable bonds is 4. The lowest BCUT2D eigenvalue weighted by Crippen LogP contribution is -2.21. The van der Waals surface area contributed by atoms with E-state index in [9.17, 15) is 4.39 Å². The van der Waals surface area contributed by atoms with Crippen LogP contribution < -0.4 is 5.32 Å². The third kappa shape index (κ3) is 2.29. The molecule has 0 saturated carbocycles. The van der Waals surface area contributed by atoms with Crippen molar-refractivity contribution in [1.29, 1.82) is 0 Å². The van der Waals surface area contributed by atoms with Crippen molar-refractivity contribution in [3.8, 4) is 0 Å². The van der Waals surface area contributed by atoms with E-state index in [1.165, 1.54) is 6.07 Å². The molecule has 0 fully saturated rings. The van der Waals surface area contributed by atoms with E-state index in [2.05, 4.69) is 18.8 Å². The number of halogens is 1. The van der Waals surface area contributed by atoms with Crippen molar-refractivity contribution in [3.63, 3.8) is 0 Å². The van der Waals surface area contributed by atoms with Crippen LogP contribution in [0.1, 0.15) is 25.5 Å². The van der Waals surface area contributed by atoms with E-state index in [1.807, 2.05) is 37.3 Å². The molecule has 2 aromatic rings. The fourth-order valence-corrected chi connectivity index (χ4v) is 2.29. The zero-order chi connectivity index (χ0) is 13.1. The quantitative estimate of drug-likeness (QED) is 0.793. The van der Waals surface area contributed by atoms with Crippen LogP contribution in [0.2, 0.25) is 0 Å². The summed E-state index contributed by atoms with van der Waals surface area (Å²) in [4.78, 5) is 0. The Hall–Kier alpha value is -1.67. The van der Waals surface area contributed by atoms with Gasteiger partial charge in [0.05, 0.1) is 6.04 Å². The van der Waals surface area contributed by atoms with E-state index in [4.69, 9.17) is 0 Å². The fraction of sp³-hybridized carbons (Fsp3) is 0.250. The van der Waals surface area contributed by atoms with Gasteiger partial charge in [-0.1, -0.05) is 49.4 Å². The van der Waals surface area contributed by atoms with Gasteiger partial charge in [0.15, 0.2) is 0 Å². The minimum atomic E-state index is -0.175. The molecule has 0 aliphatic heterocycles. The van der Waals surface area contributed by atoms with Gasteiger partial charge >= 0.3 is 0 Å². The van der Waals surface area contributed by atoms with Crippen LogP contribution in [0.15, 0.2) is 48.6 Å². The summed E-state index contributed by atoms with van der Waals surface area (Å²) in [7, 11) is 0. The zero-order valence-electron chi connectivity index (χ0n) is 10.8. The molecule has 1 unspecified atom stereocenters. The van der Waals surface area contributed by atoms with Crippen LogP contribution in [0.4, 0.5) is 4.39 Å². The van der Waals surface area contributed by atoms with Crippen molar-refractivity contribution in [2.75, 3.05) is 6.54 Å². The molecule has 18 heavy (non-hydrogen) atoms. The Kier molecular flexibility index (Phi) is 3.78. The maximum atomic E-state index is 13.8. The summed E-state index contributed by atoms with van der Waals surface area (Å²) in [5, 5.41) is 5.00. The predicted molar refractivity (Wildman–Crippen MR) is 75.1 cm³/mol. The number of benzene rings is 2. The van der Waals surface area contributed by atoms with Crippen LogP contribution in [0, 0.1) is 5.82 Å². The summed E-state index contributed by atoms with van der Waals surface area (Å²) in [6.07, 6.45) is 0. The van der Waals surface area contributed by atoms with Crippen molar-refractivity contribution in [2.24, 2.45) is 0 Å². The van der Waals surface area contributed by atoms with Gasteiger partial charge in [0, 0.05) is 5.39 Å². The van der Waals surface area contributed by atoms with Gasteiger partial charge in [-0.2, -0.15) is 0 Å². The van der Waals surface area contributed by atoms with Crippen LogP contribution in [0.3, 0.4) is 0 Å². The Morgan fingerprint density at radius 1 is 1.22 bits per heavy atom. The van der Waals surface area contributed by atoms with Gasteiger partial charge in [0.2, 0.25) is 0 Å². The number of nitrogens with one attached hydrogen (secondary N) is 1. The van der Waals surface area contributed by atoms with Crippen molar-refractivity contribution < 1.29 is 4.39 Å². The molecule has 2 aromatic carbocycles. The first-order valence-electron chi connectivity index (χ1n) is 6.21. The molecule has 0 aliphatic rings. The van der Waals surface area contributed by atoms with Gasteiger partial charge in [-0.15, -0.1) is 0 Å². The smallest absolute Gasteiger partial charge is 0.131 e. The molecule has 1 atom stereocenters. The molecule has 2 rings (SSSR count). The molecule has 0 bridgehead atoms. The van der Waals surface area contributed by atoms with Gasteiger partial charge in [0.1, 0.15) is 5.82 Å². The summed E-state index contributed by atoms with van der Waals surface area (Å²) in [5.41, 5.74) is 2.12. The summed E-state index contributed by atoms with van der Waals surface area (Å²) in [6.45, 7) is 8.92. The molecule has 0 spiro atoms. The maximum absolute atomic E-state index is 13.8. The monoisotopic (exact) mass is 243 g/mol. The summed E-state index contributed by atoms with van der Waals surface area (Å²) in [6, 6.07) is 11.0.